The molecule has 0 spiro atoms. The molecular weight excluding hydrogens is 346 g/mol. The second-order valence-electron chi connectivity index (χ2n) is 4.74. The Morgan fingerprint density at radius 2 is 1.86 bits per heavy atom. The molecule has 5 heteroatoms. The van der Waals surface area contributed by atoms with Gasteiger partial charge in [-0.1, -0.05) is 40.2 Å². The Morgan fingerprint density at radius 1 is 1.14 bits per heavy atom. The van der Waals surface area contributed by atoms with Crippen LogP contribution in [-0.4, -0.2) is 16.1 Å². The zero-order chi connectivity index (χ0) is 15.5. The van der Waals surface area contributed by atoms with Crippen LogP contribution in [0.2, 0.25) is 0 Å². The van der Waals surface area contributed by atoms with Crippen LogP contribution in [-0.2, 0) is 6.61 Å². The van der Waals surface area contributed by atoms with Crippen molar-refractivity contribution in [3.63, 3.8) is 0 Å². The summed E-state index contributed by atoms with van der Waals surface area (Å²) in [4.78, 5) is 15.3. The first kappa shape index (κ1) is 14.5. The highest BCUT2D eigenvalue weighted by Gasteiger charge is 2.11. The fourth-order valence-electron chi connectivity index (χ4n) is 2.11. The highest BCUT2D eigenvalue weighted by molar-refractivity contribution is 9.10. The third-order valence-corrected chi connectivity index (χ3v) is 3.73. The van der Waals surface area contributed by atoms with Gasteiger partial charge in [0, 0.05) is 15.9 Å². The number of rotatable bonds is 4. The van der Waals surface area contributed by atoms with Crippen molar-refractivity contribution in [1.82, 2.24) is 4.98 Å². The molecule has 0 saturated carbocycles. The third-order valence-electron chi connectivity index (χ3n) is 3.20. The minimum absolute atomic E-state index is 0.0236. The van der Waals surface area contributed by atoms with E-state index in [0.29, 0.717) is 17.9 Å². The number of hydrogen-bond acceptors (Lipinski definition) is 3. The number of carboxylic acids is 1. The Balaban J connectivity index is 1.94. The van der Waals surface area contributed by atoms with E-state index in [-0.39, 0.29) is 5.69 Å². The van der Waals surface area contributed by atoms with Crippen molar-refractivity contribution in [3.8, 4) is 5.75 Å². The van der Waals surface area contributed by atoms with Crippen LogP contribution in [0.25, 0.3) is 10.9 Å². The molecule has 1 aromatic heterocycles. The average Bonchev–Trinajstić information content (AvgIpc) is 2.53. The van der Waals surface area contributed by atoms with Crippen LogP contribution in [0.3, 0.4) is 0 Å². The molecule has 0 aliphatic carbocycles. The minimum Gasteiger partial charge on any atom is -0.488 e. The SMILES string of the molecule is O=C(O)c1cc(OCc2ccc(Br)cc2)c2ccccc2n1. The highest BCUT2D eigenvalue weighted by Crippen LogP contribution is 2.26. The number of pyridine rings is 1. The number of carboxylic acid groups (broad SMARTS) is 1. The van der Waals surface area contributed by atoms with Crippen LogP contribution in [0.15, 0.2) is 59.1 Å². The summed E-state index contributed by atoms with van der Waals surface area (Å²) in [5.74, 6) is -0.551. The Morgan fingerprint density at radius 3 is 2.59 bits per heavy atom. The van der Waals surface area contributed by atoms with E-state index in [9.17, 15) is 4.79 Å². The first-order chi connectivity index (χ1) is 10.6. The van der Waals surface area contributed by atoms with Crippen LogP contribution in [0, 0.1) is 0 Å². The summed E-state index contributed by atoms with van der Waals surface area (Å²) in [5, 5.41) is 9.96. The van der Waals surface area contributed by atoms with Gasteiger partial charge in [-0.2, -0.15) is 0 Å². The summed E-state index contributed by atoms with van der Waals surface area (Å²) in [6.07, 6.45) is 0. The molecule has 3 rings (SSSR count). The zero-order valence-corrected chi connectivity index (χ0v) is 13.1. The van der Waals surface area contributed by atoms with Crippen molar-refractivity contribution in [2.24, 2.45) is 0 Å². The topological polar surface area (TPSA) is 59.4 Å². The second-order valence-corrected chi connectivity index (χ2v) is 5.66. The van der Waals surface area contributed by atoms with Crippen molar-refractivity contribution in [3.05, 3.63) is 70.3 Å². The largest absolute Gasteiger partial charge is 0.488 e. The number of hydrogen-bond donors (Lipinski definition) is 1. The molecule has 110 valence electrons. The van der Waals surface area contributed by atoms with Crippen LogP contribution >= 0.6 is 15.9 Å². The molecule has 4 nitrogen and oxygen atoms in total. The number of aromatic nitrogens is 1. The van der Waals surface area contributed by atoms with Gasteiger partial charge < -0.3 is 9.84 Å². The molecule has 0 atom stereocenters. The van der Waals surface area contributed by atoms with E-state index in [1.807, 2.05) is 42.5 Å². The van der Waals surface area contributed by atoms with Gasteiger partial charge in [0.15, 0.2) is 5.69 Å². The molecule has 1 N–H and O–H groups in total. The lowest BCUT2D eigenvalue weighted by molar-refractivity contribution is 0.0690. The number of ether oxygens (including phenoxy) is 1. The average molecular weight is 358 g/mol. The molecule has 0 unspecified atom stereocenters. The summed E-state index contributed by atoms with van der Waals surface area (Å²) >= 11 is 3.39. The minimum atomic E-state index is -1.07. The molecule has 0 amide bonds. The molecule has 2 aromatic carbocycles. The lowest BCUT2D eigenvalue weighted by Crippen LogP contribution is -2.03. The Kier molecular flexibility index (Phi) is 4.06. The lowest BCUT2D eigenvalue weighted by Gasteiger charge is -2.10. The van der Waals surface area contributed by atoms with Gasteiger partial charge in [0.2, 0.25) is 0 Å². The number of carbonyl (C=O) groups is 1. The number of para-hydroxylation sites is 1. The van der Waals surface area contributed by atoms with Gasteiger partial charge in [-0.15, -0.1) is 0 Å². The molecule has 0 radical (unpaired) electrons. The summed E-state index contributed by atoms with van der Waals surface area (Å²) < 4.78 is 6.82. The van der Waals surface area contributed by atoms with Crippen molar-refractivity contribution in [2.45, 2.75) is 6.61 Å². The summed E-state index contributed by atoms with van der Waals surface area (Å²) in [5.41, 5.74) is 1.58. The van der Waals surface area contributed by atoms with Crippen LogP contribution in [0.5, 0.6) is 5.75 Å². The summed E-state index contributed by atoms with van der Waals surface area (Å²) in [6.45, 7) is 0.361. The quantitative estimate of drug-likeness (QED) is 0.757. The van der Waals surface area contributed by atoms with Gasteiger partial charge in [0.1, 0.15) is 12.4 Å². The van der Waals surface area contributed by atoms with Crippen molar-refractivity contribution in [1.29, 1.82) is 0 Å². The van der Waals surface area contributed by atoms with Gasteiger partial charge in [-0.05, 0) is 29.8 Å². The first-order valence-corrected chi connectivity index (χ1v) is 7.43. The number of nitrogens with zero attached hydrogens (tertiary/aromatic N) is 1. The van der Waals surface area contributed by atoms with Gasteiger partial charge in [-0.25, -0.2) is 9.78 Å². The van der Waals surface area contributed by atoms with E-state index in [2.05, 4.69) is 20.9 Å². The van der Waals surface area contributed by atoms with E-state index in [0.717, 1.165) is 15.4 Å². The van der Waals surface area contributed by atoms with E-state index < -0.39 is 5.97 Å². The second kappa shape index (κ2) is 6.15. The zero-order valence-electron chi connectivity index (χ0n) is 11.5. The molecule has 1 heterocycles. The van der Waals surface area contributed by atoms with Gasteiger partial charge >= 0.3 is 5.97 Å². The maximum Gasteiger partial charge on any atom is 0.354 e. The molecule has 0 aliphatic rings. The van der Waals surface area contributed by atoms with Crippen LogP contribution in [0.4, 0.5) is 0 Å². The third kappa shape index (κ3) is 3.09. The number of fused-ring (bicyclic) bond motifs is 1. The Hall–Kier alpha value is -2.40. The van der Waals surface area contributed by atoms with E-state index in [1.54, 1.807) is 6.07 Å². The number of benzene rings is 2. The van der Waals surface area contributed by atoms with Gasteiger partial charge in [-0.3, -0.25) is 0 Å². The van der Waals surface area contributed by atoms with Crippen molar-refractivity contribution < 1.29 is 14.6 Å². The molecule has 22 heavy (non-hydrogen) atoms. The van der Waals surface area contributed by atoms with Crippen LogP contribution < -0.4 is 4.74 Å². The highest BCUT2D eigenvalue weighted by atomic mass is 79.9. The fourth-order valence-corrected chi connectivity index (χ4v) is 2.38. The van der Waals surface area contributed by atoms with Crippen molar-refractivity contribution >= 4 is 32.8 Å². The fraction of sp³-hybridized carbons (Fsp3) is 0.0588. The predicted octanol–water partition coefficient (Wildman–Crippen LogP) is 4.27. The number of aromatic carboxylic acids is 1. The first-order valence-electron chi connectivity index (χ1n) is 6.64. The van der Waals surface area contributed by atoms with Gasteiger partial charge in [0.05, 0.1) is 5.52 Å². The summed E-state index contributed by atoms with van der Waals surface area (Å²) in [7, 11) is 0. The molecule has 0 saturated heterocycles. The molecule has 0 bridgehead atoms. The molecule has 0 fully saturated rings. The maximum absolute atomic E-state index is 11.2. The van der Waals surface area contributed by atoms with E-state index >= 15 is 0 Å². The van der Waals surface area contributed by atoms with E-state index in [4.69, 9.17) is 9.84 Å². The monoisotopic (exact) mass is 357 g/mol. The Labute approximate surface area is 135 Å². The van der Waals surface area contributed by atoms with Crippen molar-refractivity contribution in [2.75, 3.05) is 0 Å². The molecular formula is C17H12BrNO3. The molecule has 0 aliphatic heterocycles. The smallest absolute Gasteiger partial charge is 0.354 e. The predicted molar refractivity (Wildman–Crippen MR) is 87.2 cm³/mol. The van der Waals surface area contributed by atoms with Crippen LogP contribution in [0.1, 0.15) is 16.1 Å². The lowest BCUT2D eigenvalue weighted by atomic mass is 10.1. The standard InChI is InChI=1S/C17H12BrNO3/c18-12-7-5-11(6-8-12)10-22-16-9-15(17(20)21)19-14-4-2-1-3-13(14)16/h1-9H,10H2,(H,20,21). The Bertz CT molecular complexity index is 831. The molecule has 3 aromatic rings. The van der Waals surface area contributed by atoms with Gasteiger partial charge in [0.25, 0.3) is 0 Å². The number of halogens is 1. The van der Waals surface area contributed by atoms with E-state index in [1.165, 1.54) is 6.07 Å². The maximum atomic E-state index is 11.2. The summed E-state index contributed by atoms with van der Waals surface area (Å²) in [6, 6.07) is 16.6. The normalized spacial score (nSPS) is 10.6.